The minimum Gasteiger partial charge on any atom is -0.334 e. The molecule has 2 aromatic rings. The van der Waals surface area contributed by atoms with Crippen LogP contribution >= 0.6 is 0 Å². The largest absolute Gasteiger partial charge is 0.334 e. The summed E-state index contributed by atoms with van der Waals surface area (Å²) >= 11 is 0. The van der Waals surface area contributed by atoms with Crippen LogP contribution < -0.4 is 5.32 Å². The van der Waals surface area contributed by atoms with Crippen molar-refractivity contribution in [2.24, 2.45) is 0 Å². The SMILES string of the molecule is C=CCn1cc(CNCc2nccn2CC)c(C)n1. The van der Waals surface area contributed by atoms with E-state index >= 15 is 0 Å². The number of nitrogens with one attached hydrogen (secondary N) is 1. The van der Waals surface area contributed by atoms with Gasteiger partial charge in [-0.25, -0.2) is 4.98 Å². The Hall–Kier alpha value is -1.88. The van der Waals surface area contributed by atoms with Crippen LogP contribution in [-0.2, 0) is 26.2 Å². The summed E-state index contributed by atoms with van der Waals surface area (Å²) in [7, 11) is 0. The second-order valence-corrected chi connectivity index (χ2v) is 4.48. The van der Waals surface area contributed by atoms with E-state index in [-0.39, 0.29) is 0 Å². The predicted octanol–water partition coefficient (Wildman–Crippen LogP) is 1.88. The van der Waals surface area contributed by atoms with Gasteiger partial charge in [-0.15, -0.1) is 6.58 Å². The van der Waals surface area contributed by atoms with Gasteiger partial charge in [-0.3, -0.25) is 4.68 Å². The monoisotopic (exact) mass is 259 g/mol. The van der Waals surface area contributed by atoms with Crippen molar-refractivity contribution in [1.29, 1.82) is 0 Å². The zero-order valence-electron chi connectivity index (χ0n) is 11.6. The molecule has 0 saturated carbocycles. The minimum atomic E-state index is 0.751. The molecule has 0 aromatic carbocycles. The second kappa shape index (κ2) is 6.33. The van der Waals surface area contributed by atoms with Crippen molar-refractivity contribution >= 4 is 0 Å². The van der Waals surface area contributed by atoms with Gasteiger partial charge >= 0.3 is 0 Å². The lowest BCUT2D eigenvalue weighted by molar-refractivity contribution is 0.611. The molecular weight excluding hydrogens is 238 g/mol. The molecule has 2 rings (SSSR count). The van der Waals surface area contributed by atoms with E-state index < -0.39 is 0 Å². The maximum Gasteiger partial charge on any atom is 0.122 e. The van der Waals surface area contributed by atoms with Crippen LogP contribution in [0.5, 0.6) is 0 Å². The van der Waals surface area contributed by atoms with Crippen LogP contribution in [0, 0.1) is 6.92 Å². The number of hydrogen-bond donors (Lipinski definition) is 1. The van der Waals surface area contributed by atoms with Crippen LogP contribution in [0.1, 0.15) is 24.0 Å². The van der Waals surface area contributed by atoms with Crippen LogP contribution in [-0.4, -0.2) is 19.3 Å². The molecule has 0 aliphatic carbocycles. The Labute approximate surface area is 114 Å². The van der Waals surface area contributed by atoms with Gasteiger partial charge in [-0.05, 0) is 13.8 Å². The Kier molecular flexibility index (Phi) is 4.52. The second-order valence-electron chi connectivity index (χ2n) is 4.48. The first-order chi connectivity index (χ1) is 9.24. The lowest BCUT2D eigenvalue weighted by Gasteiger charge is -2.06. The van der Waals surface area contributed by atoms with Gasteiger partial charge < -0.3 is 9.88 Å². The third-order valence-corrected chi connectivity index (χ3v) is 3.11. The first kappa shape index (κ1) is 13.5. The van der Waals surface area contributed by atoms with Crippen LogP contribution in [0.3, 0.4) is 0 Å². The molecule has 0 aliphatic heterocycles. The third kappa shape index (κ3) is 3.32. The summed E-state index contributed by atoms with van der Waals surface area (Å²) in [5.74, 6) is 1.07. The molecule has 0 saturated heterocycles. The molecule has 0 amide bonds. The number of hydrogen-bond acceptors (Lipinski definition) is 3. The molecular formula is C14H21N5. The Morgan fingerprint density at radius 1 is 1.42 bits per heavy atom. The molecule has 102 valence electrons. The number of aromatic nitrogens is 4. The summed E-state index contributed by atoms with van der Waals surface area (Å²) in [5, 5.41) is 7.85. The number of nitrogens with zero attached hydrogens (tertiary/aromatic N) is 4. The number of aryl methyl sites for hydroxylation is 2. The highest BCUT2D eigenvalue weighted by Crippen LogP contribution is 2.06. The van der Waals surface area contributed by atoms with Crippen molar-refractivity contribution in [1.82, 2.24) is 24.6 Å². The van der Waals surface area contributed by atoms with Gasteiger partial charge in [-0.1, -0.05) is 6.08 Å². The molecule has 0 aliphatic rings. The van der Waals surface area contributed by atoms with Crippen molar-refractivity contribution in [3.63, 3.8) is 0 Å². The van der Waals surface area contributed by atoms with Gasteiger partial charge in [0, 0.05) is 37.2 Å². The average Bonchev–Trinajstić information content (AvgIpc) is 2.97. The van der Waals surface area contributed by atoms with E-state index in [9.17, 15) is 0 Å². The fourth-order valence-corrected chi connectivity index (χ4v) is 2.06. The van der Waals surface area contributed by atoms with E-state index in [2.05, 4.69) is 39.7 Å². The Morgan fingerprint density at radius 2 is 2.26 bits per heavy atom. The normalized spacial score (nSPS) is 10.8. The molecule has 5 heteroatoms. The van der Waals surface area contributed by atoms with Crippen LogP contribution in [0.4, 0.5) is 0 Å². The van der Waals surface area contributed by atoms with Crippen LogP contribution in [0.2, 0.25) is 0 Å². The molecule has 2 heterocycles. The van der Waals surface area contributed by atoms with E-state index in [0.717, 1.165) is 37.7 Å². The number of allylic oxidation sites excluding steroid dienone is 1. The summed E-state index contributed by atoms with van der Waals surface area (Å²) in [4.78, 5) is 4.34. The van der Waals surface area contributed by atoms with Gasteiger partial charge in [0.25, 0.3) is 0 Å². The molecule has 0 radical (unpaired) electrons. The quantitative estimate of drug-likeness (QED) is 0.772. The van der Waals surface area contributed by atoms with Gasteiger partial charge in [0.1, 0.15) is 5.82 Å². The highest BCUT2D eigenvalue weighted by atomic mass is 15.3. The lowest BCUT2D eigenvalue weighted by Crippen LogP contribution is -2.16. The summed E-state index contributed by atoms with van der Waals surface area (Å²) < 4.78 is 4.05. The fraction of sp³-hybridized carbons (Fsp3) is 0.429. The summed E-state index contributed by atoms with van der Waals surface area (Å²) in [5.41, 5.74) is 2.28. The van der Waals surface area contributed by atoms with Gasteiger partial charge in [0.05, 0.1) is 18.8 Å². The van der Waals surface area contributed by atoms with Crippen LogP contribution in [0.25, 0.3) is 0 Å². The Morgan fingerprint density at radius 3 is 3.00 bits per heavy atom. The van der Waals surface area contributed by atoms with Gasteiger partial charge in [0.15, 0.2) is 0 Å². The van der Waals surface area contributed by atoms with Gasteiger partial charge in [0.2, 0.25) is 0 Å². The summed E-state index contributed by atoms with van der Waals surface area (Å²) in [6.07, 6.45) is 7.76. The summed E-state index contributed by atoms with van der Waals surface area (Å²) in [6, 6.07) is 0. The maximum atomic E-state index is 4.43. The molecule has 2 aromatic heterocycles. The molecule has 1 N–H and O–H groups in total. The van der Waals surface area contributed by atoms with Crippen molar-refractivity contribution in [3.05, 3.63) is 48.3 Å². The Balaban J connectivity index is 1.90. The molecule has 5 nitrogen and oxygen atoms in total. The summed E-state index contributed by atoms with van der Waals surface area (Å²) in [6.45, 7) is 11.2. The van der Waals surface area contributed by atoms with E-state index in [4.69, 9.17) is 0 Å². The van der Waals surface area contributed by atoms with E-state index in [1.807, 2.05) is 30.1 Å². The first-order valence-electron chi connectivity index (χ1n) is 6.59. The van der Waals surface area contributed by atoms with E-state index in [1.165, 1.54) is 5.56 Å². The van der Waals surface area contributed by atoms with Crippen LogP contribution in [0.15, 0.2) is 31.2 Å². The zero-order chi connectivity index (χ0) is 13.7. The van der Waals surface area contributed by atoms with Crippen molar-refractivity contribution in [2.45, 2.75) is 40.0 Å². The van der Waals surface area contributed by atoms with Crippen molar-refractivity contribution in [3.8, 4) is 0 Å². The van der Waals surface area contributed by atoms with Crippen molar-refractivity contribution < 1.29 is 0 Å². The molecule has 0 unspecified atom stereocenters. The molecule has 0 spiro atoms. The molecule has 19 heavy (non-hydrogen) atoms. The Bertz CT molecular complexity index is 538. The molecule has 0 bridgehead atoms. The average molecular weight is 259 g/mol. The number of imidazole rings is 1. The molecule has 0 atom stereocenters. The smallest absolute Gasteiger partial charge is 0.122 e. The molecule has 0 fully saturated rings. The topological polar surface area (TPSA) is 47.7 Å². The maximum absolute atomic E-state index is 4.43. The van der Waals surface area contributed by atoms with Gasteiger partial charge in [-0.2, -0.15) is 5.10 Å². The fourth-order valence-electron chi connectivity index (χ4n) is 2.06. The van der Waals surface area contributed by atoms with E-state index in [0.29, 0.717) is 0 Å². The number of rotatable bonds is 7. The first-order valence-corrected chi connectivity index (χ1v) is 6.59. The highest BCUT2D eigenvalue weighted by molar-refractivity contribution is 5.15. The predicted molar refractivity (Wildman–Crippen MR) is 75.6 cm³/mol. The lowest BCUT2D eigenvalue weighted by atomic mass is 10.2. The van der Waals surface area contributed by atoms with E-state index in [1.54, 1.807) is 0 Å². The minimum absolute atomic E-state index is 0.751. The third-order valence-electron chi connectivity index (χ3n) is 3.11. The zero-order valence-corrected chi connectivity index (χ0v) is 11.6. The standard InChI is InChI=1S/C14H21N5/c1-4-7-19-11-13(12(3)17-19)9-15-10-14-16-6-8-18(14)5-2/h4,6,8,11,15H,1,5,7,9-10H2,2-3H3. The highest BCUT2D eigenvalue weighted by Gasteiger charge is 2.05. The van der Waals surface area contributed by atoms with Crippen molar-refractivity contribution in [2.75, 3.05) is 0 Å².